The van der Waals surface area contributed by atoms with Crippen LogP contribution in [0.15, 0.2) is 6.20 Å². The number of hydrogen-bond donors (Lipinski definition) is 1. The van der Waals surface area contributed by atoms with Gasteiger partial charge in [0.05, 0.1) is 6.20 Å². The van der Waals surface area contributed by atoms with Crippen molar-refractivity contribution in [3.8, 4) is 0 Å². The second kappa shape index (κ2) is 4.25. The lowest BCUT2D eigenvalue weighted by Crippen LogP contribution is -2.48. The zero-order valence-electron chi connectivity index (χ0n) is 9.81. The third kappa shape index (κ3) is 2.27. The molecular weight excluding hydrogens is 267 g/mol. The molecule has 0 bridgehead atoms. The number of carbonyl (C=O) groups is 2. The summed E-state index contributed by atoms with van der Waals surface area (Å²) in [4.78, 5) is 22.8. The van der Waals surface area contributed by atoms with Gasteiger partial charge in [-0.2, -0.15) is 18.3 Å². The molecule has 1 aliphatic heterocycles. The number of amides is 1. The quantitative estimate of drug-likeness (QED) is 0.834. The van der Waals surface area contributed by atoms with Crippen LogP contribution in [0.1, 0.15) is 17.3 Å². The van der Waals surface area contributed by atoms with Crippen molar-refractivity contribution in [3.63, 3.8) is 0 Å². The van der Waals surface area contributed by atoms with Crippen LogP contribution in [0.3, 0.4) is 0 Å². The number of fused-ring (bicyclic) bond motifs is 1. The number of rotatable bonds is 1. The molecular formula is C10H10F3N3O3. The summed E-state index contributed by atoms with van der Waals surface area (Å²) in [6.45, 7) is 1.73. The maximum Gasteiger partial charge on any atom is 0.471 e. The van der Waals surface area contributed by atoms with E-state index in [9.17, 15) is 22.8 Å². The Labute approximate surface area is 105 Å². The summed E-state index contributed by atoms with van der Waals surface area (Å²) in [7, 11) is 0. The Hall–Kier alpha value is -2.06. The molecule has 9 heteroatoms. The lowest BCUT2D eigenvalue weighted by molar-refractivity contribution is -0.170. The summed E-state index contributed by atoms with van der Waals surface area (Å²) < 4.78 is 38.7. The van der Waals surface area contributed by atoms with Gasteiger partial charge in [-0.05, 0) is 5.92 Å². The number of carboxylic acid groups (broad SMARTS) is 1. The number of carboxylic acids is 1. The Bertz CT molecular complexity index is 538. The van der Waals surface area contributed by atoms with E-state index in [0.717, 1.165) is 10.9 Å². The number of hydrogen-bond acceptors (Lipinski definition) is 3. The third-order valence-corrected chi connectivity index (χ3v) is 2.76. The highest BCUT2D eigenvalue weighted by Crippen LogP contribution is 2.31. The predicted octanol–water partition coefficient (Wildman–Crippen LogP) is 1.13. The van der Waals surface area contributed by atoms with Crippen molar-refractivity contribution in [1.82, 2.24) is 9.78 Å². The molecule has 0 spiro atoms. The number of anilines is 1. The first-order chi connectivity index (χ1) is 8.71. The molecule has 1 unspecified atom stereocenters. The van der Waals surface area contributed by atoms with Crippen molar-refractivity contribution < 1.29 is 27.9 Å². The highest BCUT2D eigenvalue weighted by Gasteiger charge is 2.46. The van der Waals surface area contributed by atoms with Crippen molar-refractivity contribution in [2.24, 2.45) is 5.92 Å². The van der Waals surface area contributed by atoms with Gasteiger partial charge in [-0.15, -0.1) is 0 Å². The Morgan fingerprint density at radius 2 is 2.05 bits per heavy atom. The standard InChI is InChI=1S/C10H10F3N3O3/c1-5-3-15(9(19)10(11,12)13)7-6(8(17)18)2-14-16(7)4-5/h2,5H,3-4H2,1H3,(H,17,18). The van der Waals surface area contributed by atoms with E-state index in [-0.39, 0.29) is 24.8 Å². The van der Waals surface area contributed by atoms with Crippen molar-refractivity contribution in [2.75, 3.05) is 11.4 Å². The van der Waals surface area contributed by atoms with Crippen molar-refractivity contribution >= 4 is 17.7 Å². The summed E-state index contributed by atoms with van der Waals surface area (Å²) in [5.74, 6) is -4.06. The maximum absolute atomic E-state index is 12.5. The fourth-order valence-electron chi connectivity index (χ4n) is 2.03. The van der Waals surface area contributed by atoms with E-state index in [4.69, 9.17) is 5.11 Å². The zero-order chi connectivity index (χ0) is 14.4. The van der Waals surface area contributed by atoms with Gasteiger partial charge in [-0.25, -0.2) is 9.48 Å². The van der Waals surface area contributed by atoms with Crippen molar-refractivity contribution in [3.05, 3.63) is 11.8 Å². The van der Waals surface area contributed by atoms with Gasteiger partial charge in [-0.3, -0.25) is 9.69 Å². The van der Waals surface area contributed by atoms with E-state index in [1.54, 1.807) is 6.92 Å². The van der Waals surface area contributed by atoms with Crippen LogP contribution in [-0.2, 0) is 11.3 Å². The summed E-state index contributed by atoms with van der Waals surface area (Å²) >= 11 is 0. The minimum Gasteiger partial charge on any atom is -0.477 e. The minimum absolute atomic E-state index is 0.190. The van der Waals surface area contributed by atoms with Gasteiger partial charge < -0.3 is 5.11 Å². The van der Waals surface area contributed by atoms with Crippen LogP contribution in [0.2, 0.25) is 0 Å². The first-order valence-corrected chi connectivity index (χ1v) is 5.39. The van der Waals surface area contributed by atoms with Gasteiger partial charge >= 0.3 is 18.1 Å². The molecule has 0 radical (unpaired) electrons. The Morgan fingerprint density at radius 3 is 2.58 bits per heavy atom. The van der Waals surface area contributed by atoms with Crippen molar-refractivity contribution in [1.29, 1.82) is 0 Å². The van der Waals surface area contributed by atoms with Gasteiger partial charge in [-0.1, -0.05) is 6.92 Å². The smallest absolute Gasteiger partial charge is 0.471 e. The number of carbonyl (C=O) groups excluding carboxylic acids is 1. The molecule has 1 aromatic rings. The molecule has 2 rings (SSSR count). The average Bonchev–Trinajstić information content (AvgIpc) is 2.69. The highest BCUT2D eigenvalue weighted by atomic mass is 19.4. The molecule has 1 N–H and O–H groups in total. The number of nitrogens with zero attached hydrogens (tertiary/aromatic N) is 3. The summed E-state index contributed by atoms with van der Waals surface area (Å²) in [5.41, 5.74) is -0.412. The van der Waals surface area contributed by atoms with Gasteiger partial charge in [0.1, 0.15) is 11.4 Å². The van der Waals surface area contributed by atoms with E-state index in [1.165, 1.54) is 0 Å². The molecule has 6 nitrogen and oxygen atoms in total. The van der Waals surface area contributed by atoms with Crippen LogP contribution in [0.5, 0.6) is 0 Å². The van der Waals surface area contributed by atoms with Crippen LogP contribution < -0.4 is 4.90 Å². The monoisotopic (exact) mass is 277 g/mol. The molecule has 0 saturated carbocycles. The van der Waals surface area contributed by atoms with Crippen LogP contribution in [0.4, 0.5) is 19.0 Å². The molecule has 1 atom stereocenters. The molecule has 2 heterocycles. The Kier molecular flexibility index (Phi) is 2.99. The van der Waals surface area contributed by atoms with Crippen LogP contribution in [-0.4, -0.2) is 39.5 Å². The van der Waals surface area contributed by atoms with E-state index < -0.39 is 23.6 Å². The van der Waals surface area contributed by atoms with E-state index in [1.807, 2.05) is 0 Å². The second-order valence-corrected chi connectivity index (χ2v) is 4.39. The number of aromatic carboxylic acids is 1. The maximum atomic E-state index is 12.5. The van der Waals surface area contributed by atoms with Gasteiger partial charge in [0.25, 0.3) is 0 Å². The summed E-state index contributed by atoms with van der Waals surface area (Å²) in [6, 6.07) is 0. The van der Waals surface area contributed by atoms with Crippen LogP contribution in [0.25, 0.3) is 0 Å². The molecule has 0 fully saturated rings. The van der Waals surface area contributed by atoms with Crippen molar-refractivity contribution in [2.45, 2.75) is 19.6 Å². The lowest BCUT2D eigenvalue weighted by atomic mass is 10.1. The Balaban J connectivity index is 2.51. The highest BCUT2D eigenvalue weighted by molar-refractivity contribution is 6.03. The topological polar surface area (TPSA) is 75.4 Å². The first-order valence-electron chi connectivity index (χ1n) is 5.39. The van der Waals surface area contributed by atoms with Gasteiger partial charge in [0, 0.05) is 13.1 Å². The third-order valence-electron chi connectivity index (χ3n) is 2.76. The number of aromatic nitrogens is 2. The Morgan fingerprint density at radius 1 is 1.42 bits per heavy atom. The number of halogens is 3. The molecule has 104 valence electrons. The molecule has 1 aromatic heterocycles. The summed E-state index contributed by atoms with van der Waals surface area (Å²) in [6.07, 6.45) is -4.10. The molecule has 0 aromatic carbocycles. The molecule has 1 aliphatic rings. The first kappa shape index (κ1) is 13.4. The summed E-state index contributed by atoms with van der Waals surface area (Å²) in [5, 5.41) is 12.6. The van der Waals surface area contributed by atoms with Crippen LogP contribution in [0, 0.1) is 5.92 Å². The molecule has 0 saturated heterocycles. The molecule has 0 aliphatic carbocycles. The fourth-order valence-corrected chi connectivity index (χ4v) is 2.03. The molecule has 1 amide bonds. The normalized spacial score (nSPS) is 19.2. The lowest BCUT2D eigenvalue weighted by Gasteiger charge is -2.32. The van der Waals surface area contributed by atoms with E-state index >= 15 is 0 Å². The second-order valence-electron chi connectivity index (χ2n) is 4.39. The zero-order valence-corrected chi connectivity index (χ0v) is 9.81. The largest absolute Gasteiger partial charge is 0.477 e. The SMILES string of the molecule is CC1CN(C(=O)C(F)(F)F)c2c(C(=O)O)cnn2C1. The predicted molar refractivity (Wildman–Crippen MR) is 56.8 cm³/mol. The van der Waals surface area contributed by atoms with Gasteiger partial charge in [0.2, 0.25) is 0 Å². The average molecular weight is 277 g/mol. The van der Waals surface area contributed by atoms with Crippen LogP contribution >= 0.6 is 0 Å². The fraction of sp³-hybridized carbons (Fsp3) is 0.500. The van der Waals surface area contributed by atoms with Gasteiger partial charge in [0.15, 0.2) is 0 Å². The molecule has 19 heavy (non-hydrogen) atoms. The number of alkyl halides is 3. The minimum atomic E-state index is -5.05. The van der Waals surface area contributed by atoms with E-state index in [0.29, 0.717) is 4.90 Å². The van der Waals surface area contributed by atoms with E-state index in [2.05, 4.69) is 5.10 Å².